The molecule has 0 aromatic heterocycles. The Kier molecular flexibility index (Phi) is 5.97. The zero-order chi connectivity index (χ0) is 11.1. The van der Waals surface area contributed by atoms with Crippen molar-refractivity contribution in [3.8, 4) is 0 Å². The van der Waals surface area contributed by atoms with Crippen LogP contribution in [0.1, 0.15) is 72.1 Å². The summed E-state index contributed by atoms with van der Waals surface area (Å²) in [4.78, 5) is 4.81. The van der Waals surface area contributed by atoms with Crippen LogP contribution in [0.2, 0.25) is 0 Å². The maximum atomic E-state index is 4.81. The van der Waals surface area contributed by atoms with Gasteiger partial charge in [0.1, 0.15) is 0 Å². The normalized spacial score (nSPS) is 29.5. The molecule has 88 valence electrons. The highest BCUT2D eigenvalue weighted by Gasteiger charge is 2.16. The molecule has 2 atom stereocenters. The van der Waals surface area contributed by atoms with Crippen molar-refractivity contribution in [1.29, 1.82) is 0 Å². The van der Waals surface area contributed by atoms with Crippen molar-refractivity contribution in [1.82, 2.24) is 0 Å². The van der Waals surface area contributed by atoms with Crippen molar-refractivity contribution in [2.24, 2.45) is 10.9 Å². The molecule has 1 rings (SSSR count). The van der Waals surface area contributed by atoms with E-state index in [4.69, 9.17) is 4.99 Å². The second kappa shape index (κ2) is 7.03. The molecule has 0 aromatic carbocycles. The Morgan fingerprint density at radius 1 is 0.867 bits per heavy atom. The van der Waals surface area contributed by atoms with Gasteiger partial charge >= 0.3 is 0 Å². The summed E-state index contributed by atoms with van der Waals surface area (Å²) in [5.74, 6) is 0.790. The van der Waals surface area contributed by atoms with Gasteiger partial charge < -0.3 is 0 Å². The van der Waals surface area contributed by atoms with E-state index in [9.17, 15) is 0 Å². The van der Waals surface area contributed by atoms with Gasteiger partial charge in [-0.2, -0.15) is 0 Å². The third kappa shape index (κ3) is 5.34. The third-order valence-electron chi connectivity index (χ3n) is 3.49. The van der Waals surface area contributed by atoms with E-state index in [1.807, 2.05) is 0 Å². The number of hydrogen-bond donors (Lipinski definition) is 0. The molecule has 2 unspecified atom stereocenters. The first-order valence-electron chi connectivity index (χ1n) is 6.71. The standard InChI is InChI=1S/C14H27N/c1-12(2)15-14-11-9-7-5-4-6-8-10-13(14)3/h13-14H,4-11H2,1-3H3. The molecule has 0 saturated heterocycles. The van der Waals surface area contributed by atoms with Gasteiger partial charge in [-0.05, 0) is 32.6 Å². The number of rotatable bonds is 1. The van der Waals surface area contributed by atoms with Gasteiger partial charge in [0.15, 0.2) is 0 Å². The minimum absolute atomic E-state index is 0.605. The molecular formula is C14H27N. The first-order valence-corrected chi connectivity index (χ1v) is 6.71. The molecule has 0 bridgehead atoms. The van der Waals surface area contributed by atoms with Gasteiger partial charge in [-0.3, -0.25) is 4.99 Å². The molecular weight excluding hydrogens is 182 g/mol. The molecule has 0 spiro atoms. The van der Waals surface area contributed by atoms with E-state index in [1.54, 1.807) is 0 Å². The number of hydrogen-bond acceptors (Lipinski definition) is 1. The Morgan fingerprint density at radius 2 is 1.40 bits per heavy atom. The molecule has 1 fully saturated rings. The summed E-state index contributed by atoms with van der Waals surface area (Å²) < 4.78 is 0. The SMILES string of the molecule is CC(C)=NC1CCCCCCCCC1C. The van der Waals surface area contributed by atoms with Gasteiger partial charge in [0, 0.05) is 5.71 Å². The van der Waals surface area contributed by atoms with E-state index in [-0.39, 0.29) is 0 Å². The van der Waals surface area contributed by atoms with Gasteiger partial charge in [-0.1, -0.05) is 45.4 Å². The Balaban J connectivity index is 2.50. The van der Waals surface area contributed by atoms with E-state index in [1.165, 1.54) is 57.1 Å². The van der Waals surface area contributed by atoms with Gasteiger partial charge in [0.25, 0.3) is 0 Å². The van der Waals surface area contributed by atoms with E-state index in [0.717, 1.165) is 5.92 Å². The maximum absolute atomic E-state index is 4.81. The number of nitrogens with zero attached hydrogens (tertiary/aromatic N) is 1. The van der Waals surface area contributed by atoms with Crippen LogP contribution in [-0.4, -0.2) is 11.8 Å². The van der Waals surface area contributed by atoms with Crippen LogP contribution in [0.3, 0.4) is 0 Å². The highest BCUT2D eigenvalue weighted by molar-refractivity contribution is 5.79. The molecule has 0 amide bonds. The molecule has 0 aromatic rings. The molecule has 1 saturated carbocycles. The third-order valence-corrected chi connectivity index (χ3v) is 3.49. The topological polar surface area (TPSA) is 12.4 Å². The van der Waals surface area contributed by atoms with Crippen molar-refractivity contribution in [3.63, 3.8) is 0 Å². The highest BCUT2D eigenvalue weighted by atomic mass is 14.8. The van der Waals surface area contributed by atoms with Crippen LogP contribution in [0.5, 0.6) is 0 Å². The Hall–Kier alpha value is -0.330. The Morgan fingerprint density at radius 3 is 2.00 bits per heavy atom. The second-order valence-electron chi connectivity index (χ2n) is 5.32. The smallest absolute Gasteiger partial charge is 0.0524 e. The minimum atomic E-state index is 0.605. The van der Waals surface area contributed by atoms with Crippen molar-refractivity contribution < 1.29 is 0 Å². The average Bonchev–Trinajstić information content (AvgIpc) is 2.19. The van der Waals surface area contributed by atoms with Crippen molar-refractivity contribution in [3.05, 3.63) is 0 Å². The van der Waals surface area contributed by atoms with Gasteiger partial charge in [-0.15, -0.1) is 0 Å². The van der Waals surface area contributed by atoms with Crippen LogP contribution in [0.15, 0.2) is 4.99 Å². The quantitative estimate of drug-likeness (QED) is 0.559. The summed E-state index contributed by atoms with van der Waals surface area (Å²) in [7, 11) is 0. The minimum Gasteiger partial charge on any atom is -0.291 e. The summed E-state index contributed by atoms with van der Waals surface area (Å²) >= 11 is 0. The highest BCUT2D eigenvalue weighted by Crippen LogP contribution is 2.23. The molecule has 1 aliphatic carbocycles. The number of aliphatic imine (C=N–C) groups is 1. The lowest BCUT2D eigenvalue weighted by atomic mass is 9.89. The fourth-order valence-corrected chi connectivity index (χ4v) is 2.53. The van der Waals surface area contributed by atoms with Crippen LogP contribution in [-0.2, 0) is 0 Å². The molecule has 1 nitrogen and oxygen atoms in total. The summed E-state index contributed by atoms with van der Waals surface area (Å²) in [6.07, 6.45) is 11.2. The van der Waals surface area contributed by atoms with Crippen LogP contribution in [0.25, 0.3) is 0 Å². The van der Waals surface area contributed by atoms with Crippen LogP contribution < -0.4 is 0 Å². The maximum Gasteiger partial charge on any atom is 0.0524 e. The zero-order valence-corrected chi connectivity index (χ0v) is 10.8. The van der Waals surface area contributed by atoms with Gasteiger partial charge in [0.2, 0.25) is 0 Å². The lowest BCUT2D eigenvalue weighted by molar-refractivity contribution is 0.366. The summed E-state index contributed by atoms with van der Waals surface area (Å²) in [6, 6.07) is 0.605. The lowest BCUT2D eigenvalue weighted by Gasteiger charge is -2.22. The molecule has 0 heterocycles. The van der Waals surface area contributed by atoms with Crippen molar-refractivity contribution in [2.45, 2.75) is 78.2 Å². The first-order chi connectivity index (χ1) is 7.20. The van der Waals surface area contributed by atoms with Crippen LogP contribution in [0.4, 0.5) is 0 Å². The monoisotopic (exact) mass is 209 g/mol. The zero-order valence-electron chi connectivity index (χ0n) is 10.8. The lowest BCUT2D eigenvalue weighted by Crippen LogP contribution is -2.17. The summed E-state index contributed by atoms with van der Waals surface area (Å²) in [5.41, 5.74) is 1.25. The molecule has 1 heteroatoms. The molecule has 0 aliphatic heterocycles. The van der Waals surface area contributed by atoms with E-state index in [2.05, 4.69) is 20.8 Å². The van der Waals surface area contributed by atoms with Gasteiger partial charge in [0.05, 0.1) is 6.04 Å². The fourth-order valence-electron chi connectivity index (χ4n) is 2.53. The average molecular weight is 209 g/mol. The van der Waals surface area contributed by atoms with E-state index in [0.29, 0.717) is 6.04 Å². The van der Waals surface area contributed by atoms with Gasteiger partial charge in [-0.25, -0.2) is 0 Å². The predicted molar refractivity (Wildman–Crippen MR) is 68.7 cm³/mol. The molecule has 0 N–H and O–H groups in total. The Labute approximate surface area is 95.4 Å². The van der Waals surface area contributed by atoms with Crippen molar-refractivity contribution >= 4 is 5.71 Å². The fraction of sp³-hybridized carbons (Fsp3) is 0.929. The van der Waals surface area contributed by atoms with E-state index >= 15 is 0 Å². The van der Waals surface area contributed by atoms with E-state index < -0.39 is 0 Å². The predicted octanol–water partition coefficient (Wildman–Crippen LogP) is 4.61. The molecule has 15 heavy (non-hydrogen) atoms. The van der Waals surface area contributed by atoms with Crippen LogP contribution in [0, 0.1) is 5.92 Å². The Bertz CT molecular complexity index is 192. The second-order valence-corrected chi connectivity index (χ2v) is 5.32. The van der Waals surface area contributed by atoms with Crippen LogP contribution >= 0.6 is 0 Å². The molecule has 1 aliphatic rings. The van der Waals surface area contributed by atoms with Crippen molar-refractivity contribution in [2.75, 3.05) is 0 Å². The molecule has 0 radical (unpaired) electrons. The first kappa shape index (κ1) is 12.7. The summed E-state index contributed by atoms with van der Waals surface area (Å²) in [6.45, 7) is 6.65. The summed E-state index contributed by atoms with van der Waals surface area (Å²) in [5, 5.41) is 0. The largest absolute Gasteiger partial charge is 0.291 e.